The maximum Gasteiger partial charge on any atom is 0.335 e. The van der Waals surface area contributed by atoms with Gasteiger partial charge in [0.2, 0.25) is 0 Å². The van der Waals surface area contributed by atoms with Gasteiger partial charge < -0.3 is 14.9 Å². The summed E-state index contributed by atoms with van der Waals surface area (Å²) in [5.74, 6) is -1.15. The standard InChI is InChI=1S/C8H14O4/c1-7(2)5-8(11,6(9)10)3-4-12-7/h11H,3-5H2,1-2H3,(H,9,10)/t8-/m1/s1. The monoisotopic (exact) mass is 174 g/mol. The van der Waals surface area contributed by atoms with Crippen LogP contribution in [0.25, 0.3) is 0 Å². The third kappa shape index (κ3) is 1.76. The minimum atomic E-state index is -1.60. The quantitative estimate of drug-likeness (QED) is 0.603. The fraction of sp³-hybridized carbons (Fsp3) is 0.875. The lowest BCUT2D eigenvalue weighted by molar-refractivity contribution is -0.185. The lowest BCUT2D eigenvalue weighted by atomic mass is 9.84. The van der Waals surface area contributed by atoms with Gasteiger partial charge >= 0.3 is 5.97 Å². The smallest absolute Gasteiger partial charge is 0.335 e. The van der Waals surface area contributed by atoms with E-state index in [-0.39, 0.29) is 12.8 Å². The Hall–Kier alpha value is -0.610. The van der Waals surface area contributed by atoms with Gasteiger partial charge in [0.25, 0.3) is 0 Å². The summed E-state index contributed by atoms with van der Waals surface area (Å²) in [4.78, 5) is 10.7. The molecule has 2 N–H and O–H groups in total. The van der Waals surface area contributed by atoms with Crippen LogP contribution in [0.1, 0.15) is 26.7 Å². The first-order chi connectivity index (χ1) is 5.36. The number of aliphatic carboxylic acids is 1. The Balaban J connectivity index is 2.74. The lowest BCUT2D eigenvalue weighted by Crippen LogP contribution is -2.50. The molecule has 1 aliphatic rings. The minimum Gasteiger partial charge on any atom is -0.479 e. The van der Waals surface area contributed by atoms with Crippen LogP contribution in [0.15, 0.2) is 0 Å². The number of rotatable bonds is 1. The van der Waals surface area contributed by atoms with E-state index < -0.39 is 17.2 Å². The number of carboxylic acids is 1. The molecule has 0 spiro atoms. The molecule has 1 saturated heterocycles. The van der Waals surface area contributed by atoms with Crippen molar-refractivity contribution in [2.24, 2.45) is 0 Å². The summed E-state index contributed by atoms with van der Waals surface area (Å²) in [6, 6.07) is 0. The van der Waals surface area contributed by atoms with Crippen LogP contribution in [0.3, 0.4) is 0 Å². The molecule has 12 heavy (non-hydrogen) atoms. The minimum absolute atomic E-state index is 0.148. The number of carboxylic acid groups (broad SMARTS) is 1. The number of carbonyl (C=O) groups is 1. The molecule has 0 aromatic carbocycles. The van der Waals surface area contributed by atoms with Gasteiger partial charge in [0, 0.05) is 12.8 Å². The first kappa shape index (κ1) is 9.48. The second-order valence-corrected chi connectivity index (χ2v) is 3.87. The predicted molar refractivity (Wildman–Crippen MR) is 41.9 cm³/mol. The number of hydrogen-bond acceptors (Lipinski definition) is 3. The SMILES string of the molecule is CC1(C)C[C@@](O)(C(=O)O)CCO1. The van der Waals surface area contributed by atoms with E-state index in [2.05, 4.69) is 0 Å². The summed E-state index contributed by atoms with van der Waals surface area (Å²) >= 11 is 0. The molecule has 0 unspecified atom stereocenters. The van der Waals surface area contributed by atoms with E-state index in [1.165, 1.54) is 0 Å². The van der Waals surface area contributed by atoms with Crippen LogP contribution in [-0.2, 0) is 9.53 Å². The molecule has 0 radical (unpaired) electrons. The van der Waals surface area contributed by atoms with Gasteiger partial charge in [-0.25, -0.2) is 4.79 Å². The zero-order valence-electron chi connectivity index (χ0n) is 7.33. The average molecular weight is 174 g/mol. The molecule has 1 heterocycles. The van der Waals surface area contributed by atoms with Crippen molar-refractivity contribution in [3.05, 3.63) is 0 Å². The van der Waals surface area contributed by atoms with E-state index in [1.807, 2.05) is 0 Å². The topological polar surface area (TPSA) is 66.8 Å². The normalized spacial score (nSPS) is 34.6. The van der Waals surface area contributed by atoms with Crippen molar-refractivity contribution < 1.29 is 19.7 Å². The molecular weight excluding hydrogens is 160 g/mol. The molecule has 0 aromatic rings. The molecule has 0 bridgehead atoms. The van der Waals surface area contributed by atoms with Crippen LogP contribution in [0.4, 0.5) is 0 Å². The Morgan fingerprint density at radius 2 is 2.08 bits per heavy atom. The molecule has 1 atom stereocenters. The highest BCUT2D eigenvalue weighted by atomic mass is 16.5. The molecule has 0 amide bonds. The summed E-state index contributed by atoms with van der Waals surface area (Å²) in [5, 5.41) is 18.3. The fourth-order valence-corrected chi connectivity index (χ4v) is 1.52. The largest absolute Gasteiger partial charge is 0.479 e. The Kier molecular flexibility index (Phi) is 2.14. The summed E-state index contributed by atoms with van der Waals surface area (Å²) in [6.45, 7) is 3.86. The van der Waals surface area contributed by atoms with Gasteiger partial charge in [-0.3, -0.25) is 0 Å². The van der Waals surface area contributed by atoms with Crippen molar-refractivity contribution in [3.8, 4) is 0 Å². The highest BCUT2D eigenvalue weighted by Crippen LogP contribution is 2.31. The molecule has 70 valence electrons. The average Bonchev–Trinajstić information content (AvgIpc) is 1.83. The maximum absolute atomic E-state index is 10.7. The van der Waals surface area contributed by atoms with E-state index in [4.69, 9.17) is 9.84 Å². The van der Waals surface area contributed by atoms with Crippen molar-refractivity contribution in [1.29, 1.82) is 0 Å². The van der Waals surface area contributed by atoms with Gasteiger partial charge in [-0.15, -0.1) is 0 Å². The Morgan fingerprint density at radius 1 is 1.50 bits per heavy atom. The second-order valence-electron chi connectivity index (χ2n) is 3.87. The predicted octanol–water partition coefficient (Wildman–Crippen LogP) is 0.391. The zero-order valence-corrected chi connectivity index (χ0v) is 7.33. The van der Waals surface area contributed by atoms with Crippen LogP contribution in [-0.4, -0.2) is 34.0 Å². The van der Waals surface area contributed by atoms with Gasteiger partial charge in [0.05, 0.1) is 12.2 Å². The van der Waals surface area contributed by atoms with Crippen molar-refractivity contribution in [2.45, 2.75) is 37.9 Å². The van der Waals surface area contributed by atoms with Crippen LogP contribution in [0, 0.1) is 0 Å². The molecule has 1 fully saturated rings. The van der Waals surface area contributed by atoms with Gasteiger partial charge in [0.1, 0.15) is 0 Å². The third-order valence-corrected chi connectivity index (χ3v) is 2.12. The van der Waals surface area contributed by atoms with E-state index in [0.717, 1.165) is 0 Å². The number of aliphatic hydroxyl groups is 1. The van der Waals surface area contributed by atoms with Crippen LogP contribution in [0.2, 0.25) is 0 Å². The van der Waals surface area contributed by atoms with E-state index >= 15 is 0 Å². The van der Waals surface area contributed by atoms with Crippen LogP contribution >= 0.6 is 0 Å². The summed E-state index contributed by atoms with van der Waals surface area (Å²) in [5.41, 5.74) is -2.13. The van der Waals surface area contributed by atoms with E-state index in [0.29, 0.717) is 6.61 Å². The zero-order chi connectivity index (χ0) is 9.41. The summed E-state index contributed by atoms with van der Waals surface area (Å²) in [6.07, 6.45) is 0.321. The molecule has 0 aromatic heterocycles. The van der Waals surface area contributed by atoms with Crippen molar-refractivity contribution >= 4 is 5.97 Å². The van der Waals surface area contributed by atoms with Gasteiger partial charge in [0.15, 0.2) is 5.60 Å². The van der Waals surface area contributed by atoms with E-state index in [9.17, 15) is 9.90 Å². The van der Waals surface area contributed by atoms with Crippen molar-refractivity contribution in [3.63, 3.8) is 0 Å². The number of ether oxygens (including phenoxy) is 1. The van der Waals surface area contributed by atoms with Crippen molar-refractivity contribution in [1.82, 2.24) is 0 Å². The molecule has 1 aliphatic heterocycles. The fourth-order valence-electron chi connectivity index (χ4n) is 1.52. The second kappa shape index (κ2) is 2.71. The highest BCUT2D eigenvalue weighted by Gasteiger charge is 2.44. The molecule has 4 heteroatoms. The lowest BCUT2D eigenvalue weighted by Gasteiger charge is -2.38. The molecule has 4 nitrogen and oxygen atoms in total. The summed E-state index contributed by atoms with van der Waals surface area (Å²) < 4.78 is 5.29. The van der Waals surface area contributed by atoms with Crippen molar-refractivity contribution in [2.75, 3.05) is 6.61 Å². The third-order valence-electron chi connectivity index (χ3n) is 2.12. The first-order valence-electron chi connectivity index (χ1n) is 3.95. The number of hydrogen-bond donors (Lipinski definition) is 2. The molecule has 0 aliphatic carbocycles. The molecular formula is C8H14O4. The van der Waals surface area contributed by atoms with Crippen LogP contribution < -0.4 is 0 Å². The van der Waals surface area contributed by atoms with Gasteiger partial charge in [-0.1, -0.05) is 0 Å². The molecule has 0 saturated carbocycles. The van der Waals surface area contributed by atoms with Crippen LogP contribution in [0.5, 0.6) is 0 Å². The van der Waals surface area contributed by atoms with Gasteiger partial charge in [-0.05, 0) is 13.8 Å². The highest BCUT2D eigenvalue weighted by molar-refractivity contribution is 5.77. The Labute approximate surface area is 71.2 Å². The first-order valence-corrected chi connectivity index (χ1v) is 3.95. The Bertz CT molecular complexity index is 199. The maximum atomic E-state index is 10.7. The molecule has 1 rings (SSSR count). The van der Waals surface area contributed by atoms with Gasteiger partial charge in [-0.2, -0.15) is 0 Å². The van der Waals surface area contributed by atoms with E-state index in [1.54, 1.807) is 13.8 Å². The Morgan fingerprint density at radius 3 is 2.42 bits per heavy atom. The summed E-state index contributed by atoms with van der Waals surface area (Å²) in [7, 11) is 0.